The van der Waals surface area contributed by atoms with Gasteiger partial charge in [-0.3, -0.25) is 4.99 Å². The first-order chi connectivity index (χ1) is 6.08. The minimum atomic E-state index is -0.966. The van der Waals surface area contributed by atoms with Crippen LogP contribution < -0.4 is 0 Å². The highest BCUT2D eigenvalue weighted by molar-refractivity contribution is 6.76. The molecule has 76 valence electrons. The van der Waals surface area contributed by atoms with Crippen LogP contribution in [0.1, 0.15) is 19.3 Å². The van der Waals surface area contributed by atoms with Gasteiger partial charge in [0.2, 0.25) is 0 Å². The highest BCUT2D eigenvalue weighted by Crippen LogP contribution is 2.06. The molecule has 3 heteroatoms. The predicted octanol–water partition coefficient (Wildman–Crippen LogP) is 2.38. The van der Waals surface area contributed by atoms with Crippen LogP contribution in [0.4, 0.5) is 0 Å². The number of likely N-dealkylation sites (tertiary alicyclic amines) is 1. The van der Waals surface area contributed by atoms with Gasteiger partial charge in [-0.2, -0.15) is 0 Å². The molecular formula is C10H22N2Si. The summed E-state index contributed by atoms with van der Waals surface area (Å²) in [5.41, 5.74) is 0. The van der Waals surface area contributed by atoms with Crippen molar-refractivity contribution in [3.8, 4) is 0 Å². The fourth-order valence-electron chi connectivity index (χ4n) is 1.46. The highest BCUT2D eigenvalue weighted by atomic mass is 28.3. The van der Waals surface area contributed by atoms with Gasteiger partial charge in [-0.05, 0) is 19.3 Å². The van der Waals surface area contributed by atoms with Gasteiger partial charge in [0.05, 0.1) is 14.4 Å². The number of piperidine rings is 1. The first kappa shape index (κ1) is 10.8. The van der Waals surface area contributed by atoms with Crippen LogP contribution in [-0.4, -0.2) is 38.6 Å². The van der Waals surface area contributed by atoms with Crippen LogP contribution in [0.15, 0.2) is 4.99 Å². The Morgan fingerprint density at radius 2 is 1.77 bits per heavy atom. The van der Waals surface area contributed by atoms with Gasteiger partial charge in [0.15, 0.2) is 0 Å². The van der Waals surface area contributed by atoms with Crippen LogP contribution >= 0.6 is 0 Å². The molecule has 1 aliphatic heterocycles. The fraction of sp³-hybridized carbons (Fsp3) is 0.900. The third-order valence-electron chi connectivity index (χ3n) is 2.20. The summed E-state index contributed by atoms with van der Waals surface area (Å²) < 4.78 is 0. The molecule has 0 N–H and O–H groups in total. The van der Waals surface area contributed by atoms with Crippen molar-refractivity contribution >= 4 is 14.4 Å². The van der Waals surface area contributed by atoms with Crippen molar-refractivity contribution in [2.75, 3.05) is 19.3 Å². The van der Waals surface area contributed by atoms with Crippen LogP contribution in [0.25, 0.3) is 0 Å². The molecule has 0 atom stereocenters. The van der Waals surface area contributed by atoms with Crippen molar-refractivity contribution in [3.05, 3.63) is 0 Å². The summed E-state index contributed by atoms with van der Waals surface area (Å²) in [4.78, 5) is 6.89. The van der Waals surface area contributed by atoms with E-state index in [1.807, 2.05) is 0 Å². The second-order valence-electron chi connectivity index (χ2n) is 5.11. The van der Waals surface area contributed by atoms with Gasteiger partial charge >= 0.3 is 0 Å². The monoisotopic (exact) mass is 198 g/mol. The largest absolute Gasteiger partial charge is 0.363 e. The van der Waals surface area contributed by atoms with Crippen LogP contribution in [0, 0.1) is 0 Å². The molecule has 0 unspecified atom stereocenters. The molecule has 0 bridgehead atoms. The first-order valence-corrected chi connectivity index (χ1v) is 9.03. The second kappa shape index (κ2) is 4.79. The molecular weight excluding hydrogens is 176 g/mol. The van der Waals surface area contributed by atoms with Crippen molar-refractivity contribution in [2.24, 2.45) is 4.99 Å². The molecule has 0 spiro atoms. The zero-order valence-electron chi connectivity index (χ0n) is 9.21. The predicted molar refractivity (Wildman–Crippen MR) is 62.1 cm³/mol. The molecule has 0 aliphatic carbocycles. The van der Waals surface area contributed by atoms with Crippen molar-refractivity contribution in [1.82, 2.24) is 4.90 Å². The number of rotatable bonds is 3. The third-order valence-corrected chi connectivity index (χ3v) is 3.33. The fourth-order valence-corrected chi connectivity index (χ4v) is 2.09. The molecule has 1 heterocycles. The summed E-state index contributed by atoms with van der Waals surface area (Å²) in [7, 11) is -0.966. The molecule has 1 rings (SSSR count). The summed E-state index contributed by atoms with van der Waals surface area (Å²) in [6.07, 6.45) is 7.25. The van der Waals surface area contributed by atoms with Crippen LogP contribution in [-0.2, 0) is 0 Å². The molecule has 2 nitrogen and oxygen atoms in total. The van der Waals surface area contributed by atoms with Crippen LogP contribution in [0.3, 0.4) is 0 Å². The minimum Gasteiger partial charge on any atom is -0.363 e. The van der Waals surface area contributed by atoms with Crippen molar-refractivity contribution in [2.45, 2.75) is 38.9 Å². The van der Waals surface area contributed by atoms with Gasteiger partial charge in [0, 0.05) is 19.3 Å². The molecule has 0 radical (unpaired) electrons. The van der Waals surface area contributed by atoms with Gasteiger partial charge in [-0.25, -0.2) is 0 Å². The zero-order chi connectivity index (χ0) is 9.73. The minimum absolute atomic E-state index is 0.966. The average molecular weight is 198 g/mol. The van der Waals surface area contributed by atoms with E-state index in [9.17, 15) is 0 Å². The smallest absolute Gasteiger partial charge is 0.0846 e. The summed E-state index contributed by atoms with van der Waals surface area (Å²) in [6.45, 7) is 9.52. The van der Waals surface area contributed by atoms with Gasteiger partial charge in [-0.1, -0.05) is 19.6 Å². The quantitative estimate of drug-likeness (QED) is 0.386. The maximum Gasteiger partial charge on any atom is 0.0846 e. The van der Waals surface area contributed by atoms with Gasteiger partial charge in [0.25, 0.3) is 0 Å². The highest BCUT2D eigenvalue weighted by Gasteiger charge is 2.11. The summed E-state index contributed by atoms with van der Waals surface area (Å²) in [5, 5.41) is 0. The first-order valence-electron chi connectivity index (χ1n) is 5.32. The van der Waals surface area contributed by atoms with Crippen molar-refractivity contribution in [1.29, 1.82) is 0 Å². The van der Waals surface area contributed by atoms with Crippen molar-refractivity contribution < 1.29 is 0 Å². The van der Waals surface area contributed by atoms with Gasteiger partial charge in [0.1, 0.15) is 0 Å². The van der Waals surface area contributed by atoms with Gasteiger partial charge in [-0.15, -0.1) is 0 Å². The molecule has 0 aromatic carbocycles. The average Bonchev–Trinajstić information content (AvgIpc) is 2.04. The molecule has 0 aromatic heterocycles. The molecule has 13 heavy (non-hydrogen) atoms. The SMILES string of the molecule is C[Si](C)(C)C/N=C/N1CCCCC1. The Labute approximate surface area is 83.1 Å². The summed E-state index contributed by atoms with van der Waals surface area (Å²) in [6, 6.07) is 0. The Morgan fingerprint density at radius 3 is 2.31 bits per heavy atom. The van der Waals surface area contributed by atoms with E-state index in [1.54, 1.807) is 0 Å². The number of hydrogen-bond donors (Lipinski definition) is 0. The van der Waals surface area contributed by atoms with E-state index in [4.69, 9.17) is 0 Å². The lowest BCUT2D eigenvalue weighted by Crippen LogP contribution is -2.30. The number of hydrogen-bond acceptors (Lipinski definition) is 1. The second-order valence-corrected chi connectivity index (χ2v) is 10.6. The standard InChI is InChI=1S/C10H22N2Si/c1-13(2,3)10-11-9-12-7-5-4-6-8-12/h9H,4-8,10H2,1-3H3/b11-9+. The topological polar surface area (TPSA) is 15.6 Å². The van der Waals surface area contributed by atoms with E-state index in [0.717, 1.165) is 6.17 Å². The Bertz CT molecular complexity index is 166. The number of nitrogens with zero attached hydrogens (tertiary/aromatic N) is 2. The van der Waals surface area contributed by atoms with E-state index in [1.165, 1.54) is 32.4 Å². The number of aliphatic imine (C=N–C) groups is 1. The zero-order valence-corrected chi connectivity index (χ0v) is 10.2. The molecule has 0 amide bonds. The third kappa shape index (κ3) is 5.08. The molecule has 1 fully saturated rings. The Hall–Kier alpha value is -0.313. The summed E-state index contributed by atoms with van der Waals surface area (Å²) >= 11 is 0. The molecule has 1 aliphatic rings. The van der Waals surface area contributed by atoms with Gasteiger partial charge < -0.3 is 4.90 Å². The maximum atomic E-state index is 4.53. The Morgan fingerprint density at radius 1 is 1.15 bits per heavy atom. The lowest BCUT2D eigenvalue weighted by Gasteiger charge is -2.24. The molecule has 0 aromatic rings. The lowest BCUT2D eigenvalue weighted by atomic mass is 10.1. The van der Waals surface area contributed by atoms with Crippen LogP contribution in [0.5, 0.6) is 0 Å². The van der Waals surface area contributed by atoms with E-state index < -0.39 is 8.07 Å². The van der Waals surface area contributed by atoms with E-state index in [2.05, 4.69) is 35.9 Å². The van der Waals surface area contributed by atoms with E-state index in [-0.39, 0.29) is 0 Å². The lowest BCUT2D eigenvalue weighted by molar-refractivity contribution is 0.350. The van der Waals surface area contributed by atoms with Crippen LogP contribution in [0.2, 0.25) is 19.6 Å². The summed E-state index contributed by atoms with van der Waals surface area (Å²) in [5.74, 6) is 0. The van der Waals surface area contributed by atoms with Crippen molar-refractivity contribution in [3.63, 3.8) is 0 Å². The normalized spacial score (nSPS) is 19.8. The Balaban J connectivity index is 2.22. The van der Waals surface area contributed by atoms with E-state index in [0.29, 0.717) is 0 Å². The Kier molecular flexibility index (Phi) is 3.97. The molecule has 1 saturated heterocycles. The molecule has 0 saturated carbocycles. The maximum absolute atomic E-state index is 4.53. The van der Waals surface area contributed by atoms with E-state index >= 15 is 0 Å².